The maximum Gasteiger partial charge on any atom is 0.242 e. The zero-order valence-electron chi connectivity index (χ0n) is 15.5. The van der Waals surface area contributed by atoms with Crippen molar-refractivity contribution in [1.82, 2.24) is 13.9 Å². The van der Waals surface area contributed by atoms with Crippen LogP contribution >= 0.6 is 11.8 Å². The normalized spacial score (nSPS) is 12.2. The third-order valence-electron chi connectivity index (χ3n) is 4.22. The molecule has 0 aliphatic rings. The number of hydrogen-bond donors (Lipinski definition) is 0. The molecule has 0 atom stereocenters. The van der Waals surface area contributed by atoms with Crippen LogP contribution in [0.5, 0.6) is 0 Å². The predicted octanol–water partition coefficient (Wildman–Crippen LogP) is 4.13. The zero-order valence-corrected chi connectivity index (χ0v) is 17.1. The number of fused-ring (bicyclic) bond motifs is 1. The van der Waals surface area contributed by atoms with Gasteiger partial charge >= 0.3 is 0 Å². The Morgan fingerprint density at radius 3 is 2.59 bits per heavy atom. The standard InChI is InChI=1S/C19H22FN3O2S2/c1-4-11-23-17-10-9-14(27(24,25)22(2)3)12-16(17)21-19(23)13-26-18-8-6-5-7-15(18)20/h5-10,12H,4,11,13H2,1-3H3. The molecular weight excluding hydrogens is 385 g/mol. The van der Waals surface area contributed by atoms with Crippen LogP contribution in [-0.2, 0) is 22.3 Å². The van der Waals surface area contributed by atoms with Gasteiger partial charge in [0, 0.05) is 25.5 Å². The van der Waals surface area contributed by atoms with Crippen molar-refractivity contribution in [1.29, 1.82) is 0 Å². The van der Waals surface area contributed by atoms with Gasteiger partial charge in [0.1, 0.15) is 11.6 Å². The number of halogens is 1. The van der Waals surface area contributed by atoms with Crippen molar-refractivity contribution in [3.05, 3.63) is 54.1 Å². The van der Waals surface area contributed by atoms with E-state index in [0.717, 1.165) is 24.3 Å². The van der Waals surface area contributed by atoms with Gasteiger partial charge in [-0.25, -0.2) is 22.1 Å². The first-order valence-corrected chi connectivity index (χ1v) is 11.1. The number of thioether (sulfide) groups is 1. The number of aromatic nitrogens is 2. The van der Waals surface area contributed by atoms with Crippen LogP contribution in [0.25, 0.3) is 11.0 Å². The highest BCUT2D eigenvalue weighted by atomic mass is 32.2. The van der Waals surface area contributed by atoms with Gasteiger partial charge in [0.05, 0.1) is 21.7 Å². The summed E-state index contributed by atoms with van der Waals surface area (Å²) in [5, 5.41) is 0. The summed E-state index contributed by atoms with van der Waals surface area (Å²) in [6.07, 6.45) is 0.917. The molecule has 2 aromatic carbocycles. The van der Waals surface area contributed by atoms with Crippen molar-refractivity contribution in [2.24, 2.45) is 0 Å². The van der Waals surface area contributed by atoms with E-state index < -0.39 is 10.0 Å². The Kier molecular flexibility index (Phi) is 5.88. The summed E-state index contributed by atoms with van der Waals surface area (Å²) in [6.45, 7) is 2.84. The molecular formula is C19H22FN3O2S2. The van der Waals surface area contributed by atoms with Gasteiger partial charge in [0.15, 0.2) is 0 Å². The summed E-state index contributed by atoms with van der Waals surface area (Å²) < 4.78 is 41.9. The Hall–Kier alpha value is -1.90. The first-order valence-electron chi connectivity index (χ1n) is 8.63. The van der Waals surface area contributed by atoms with Gasteiger partial charge in [-0.3, -0.25) is 0 Å². The molecule has 1 aromatic heterocycles. The summed E-state index contributed by atoms with van der Waals surface area (Å²) in [4.78, 5) is 5.44. The molecule has 0 saturated carbocycles. The molecule has 0 bridgehead atoms. The molecule has 0 unspecified atom stereocenters. The third-order valence-corrected chi connectivity index (χ3v) is 7.07. The summed E-state index contributed by atoms with van der Waals surface area (Å²) in [5.41, 5.74) is 1.52. The van der Waals surface area contributed by atoms with Crippen LogP contribution in [0.1, 0.15) is 19.2 Å². The second-order valence-corrected chi connectivity index (χ2v) is 9.51. The van der Waals surface area contributed by atoms with Crippen LogP contribution in [0, 0.1) is 5.82 Å². The number of sulfonamides is 1. The number of rotatable bonds is 7. The van der Waals surface area contributed by atoms with Crippen molar-refractivity contribution < 1.29 is 12.8 Å². The number of nitrogens with zero attached hydrogens (tertiary/aromatic N) is 3. The van der Waals surface area contributed by atoms with Crippen molar-refractivity contribution >= 4 is 32.8 Å². The molecule has 1 heterocycles. The Labute approximate surface area is 163 Å². The number of hydrogen-bond acceptors (Lipinski definition) is 4. The molecule has 5 nitrogen and oxygen atoms in total. The lowest BCUT2D eigenvalue weighted by atomic mass is 10.3. The Bertz CT molecular complexity index is 1060. The Morgan fingerprint density at radius 1 is 1.19 bits per heavy atom. The SMILES string of the molecule is CCCn1c(CSc2ccccc2F)nc2cc(S(=O)(=O)N(C)C)ccc21. The van der Waals surface area contributed by atoms with E-state index in [1.165, 1.54) is 36.2 Å². The lowest BCUT2D eigenvalue weighted by molar-refractivity contribution is 0.521. The molecule has 8 heteroatoms. The van der Waals surface area contributed by atoms with Crippen molar-refractivity contribution in [2.75, 3.05) is 14.1 Å². The number of benzene rings is 2. The highest BCUT2D eigenvalue weighted by molar-refractivity contribution is 7.98. The van der Waals surface area contributed by atoms with Crippen LogP contribution in [0.2, 0.25) is 0 Å². The molecule has 0 spiro atoms. The second-order valence-electron chi connectivity index (χ2n) is 6.34. The lowest BCUT2D eigenvalue weighted by Gasteiger charge is -2.11. The number of imidazole rings is 1. The fourth-order valence-corrected chi connectivity index (χ4v) is 4.63. The van der Waals surface area contributed by atoms with Gasteiger partial charge in [0.25, 0.3) is 0 Å². The van der Waals surface area contributed by atoms with Crippen LogP contribution in [0.15, 0.2) is 52.3 Å². The minimum absolute atomic E-state index is 0.217. The Balaban J connectivity index is 1.99. The van der Waals surface area contributed by atoms with Crippen molar-refractivity contribution in [3.8, 4) is 0 Å². The average molecular weight is 408 g/mol. The molecule has 0 fully saturated rings. The minimum atomic E-state index is -3.52. The minimum Gasteiger partial charge on any atom is -0.327 e. The number of aryl methyl sites for hydroxylation is 1. The summed E-state index contributed by atoms with van der Waals surface area (Å²) in [6, 6.07) is 11.7. The van der Waals surface area contributed by atoms with E-state index >= 15 is 0 Å². The monoisotopic (exact) mass is 407 g/mol. The molecule has 0 aliphatic carbocycles. The van der Waals surface area contributed by atoms with Crippen LogP contribution in [-0.4, -0.2) is 36.4 Å². The highest BCUT2D eigenvalue weighted by Gasteiger charge is 2.19. The van der Waals surface area contributed by atoms with E-state index in [9.17, 15) is 12.8 Å². The van der Waals surface area contributed by atoms with Gasteiger partial charge in [-0.1, -0.05) is 19.1 Å². The first-order chi connectivity index (χ1) is 12.8. The fourth-order valence-electron chi connectivity index (χ4n) is 2.82. The summed E-state index contributed by atoms with van der Waals surface area (Å²) in [5.74, 6) is 1.06. The first kappa shape index (κ1) is 19.9. The molecule has 0 radical (unpaired) electrons. The fraction of sp³-hybridized carbons (Fsp3) is 0.316. The van der Waals surface area contributed by atoms with Crippen molar-refractivity contribution in [3.63, 3.8) is 0 Å². The molecule has 27 heavy (non-hydrogen) atoms. The molecule has 0 N–H and O–H groups in total. The third kappa shape index (κ3) is 4.02. The highest BCUT2D eigenvalue weighted by Crippen LogP contribution is 2.28. The van der Waals surface area contributed by atoms with Crippen LogP contribution < -0.4 is 0 Å². The summed E-state index contributed by atoms with van der Waals surface area (Å²) >= 11 is 1.39. The van der Waals surface area contributed by atoms with E-state index in [4.69, 9.17) is 0 Å². The van der Waals surface area contributed by atoms with Gasteiger partial charge < -0.3 is 4.57 Å². The van der Waals surface area contributed by atoms with Gasteiger partial charge in [-0.05, 0) is 36.8 Å². The van der Waals surface area contributed by atoms with Crippen LogP contribution in [0.4, 0.5) is 4.39 Å². The molecule has 0 aliphatic heterocycles. The van der Waals surface area contributed by atoms with Crippen molar-refractivity contribution in [2.45, 2.75) is 35.4 Å². The zero-order chi connectivity index (χ0) is 19.6. The van der Waals surface area contributed by atoms with Gasteiger partial charge in [-0.15, -0.1) is 11.8 Å². The van der Waals surface area contributed by atoms with E-state index in [1.807, 2.05) is 0 Å². The maximum absolute atomic E-state index is 13.9. The topological polar surface area (TPSA) is 55.2 Å². The molecule has 0 amide bonds. The molecule has 3 aromatic rings. The molecule has 0 saturated heterocycles. The molecule has 144 valence electrons. The largest absolute Gasteiger partial charge is 0.327 e. The van der Waals surface area contributed by atoms with E-state index in [-0.39, 0.29) is 10.7 Å². The molecule has 3 rings (SSSR count). The average Bonchev–Trinajstić information content (AvgIpc) is 2.98. The predicted molar refractivity (Wildman–Crippen MR) is 107 cm³/mol. The van der Waals surface area contributed by atoms with E-state index in [0.29, 0.717) is 16.2 Å². The van der Waals surface area contributed by atoms with E-state index in [1.54, 1.807) is 36.4 Å². The quantitative estimate of drug-likeness (QED) is 0.553. The lowest BCUT2D eigenvalue weighted by Crippen LogP contribution is -2.22. The van der Waals surface area contributed by atoms with Gasteiger partial charge in [0.2, 0.25) is 10.0 Å². The van der Waals surface area contributed by atoms with E-state index in [2.05, 4.69) is 16.5 Å². The maximum atomic E-state index is 13.9. The smallest absolute Gasteiger partial charge is 0.242 e. The Morgan fingerprint density at radius 2 is 1.93 bits per heavy atom. The summed E-state index contributed by atoms with van der Waals surface area (Å²) in [7, 11) is -0.505. The van der Waals surface area contributed by atoms with Gasteiger partial charge in [-0.2, -0.15) is 0 Å². The van der Waals surface area contributed by atoms with Crippen LogP contribution in [0.3, 0.4) is 0 Å². The second kappa shape index (κ2) is 8.00.